The minimum Gasteiger partial charge on any atom is -0.480 e. The van der Waals surface area contributed by atoms with Gasteiger partial charge in [0.25, 0.3) is 0 Å². The molecule has 106 valence electrons. The summed E-state index contributed by atoms with van der Waals surface area (Å²) in [6.07, 6.45) is 0.447. The maximum atomic E-state index is 11.8. The summed E-state index contributed by atoms with van der Waals surface area (Å²) in [6, 6.07) is -0.958. The van der Waals surface area contributed by atoms with Crippen LogP contribution in [0.25, 0.3) is 0 Å². The first-order chi connectivity index (χ1) is 8.23. The molecule has 0 spiro atoms. The van der Waals surface area contributed by atoms with Gasteiger partial charge in [-0.3, -0.25) is 9.59 Å². The van der Waals surface area contributed by atoms with Crippen molar-refractivity contribution in [2.24, 2.45) is 0 Å². The smallest absolute Gasteiger partial charge is 0.323 e. The van der Waals surface area contributed by atoms with Crippen molar-refractivity contribution in [1.29, 1.82) is 0 Å². The molecule has 0 bridgehead atoms. The fourth-order valence-electron chi connectivity index (χ4n) is 1.43. The van der Waals surface area contributed by atoms with E-state index in [2.05, 4.69) is 4.72 Å². The van der Waals surface area contributed by atoms with Gasteiger partial charge in [-0.05, 0) is 20.3 Å². The molecule has 0 fully saturated rings. The van der Waals surface area contributed by atoms with E-state index in [9.17, 15) is 18.0 Å². The van der Waals surface area contributed by atoms with Crippen LogP contribution in [0.4, 0.5) is 0 Å². The molecule has 1 unspecified atom stereocenters. The molecule has 0 aliphatic carbocycles. The molecule has 7 nitrogen and oxygen atoms in total. The Morgan fingerprint density at radius 2 is 1.89 bits per heavy atom. The predicted octanol–water partition coefficient (Wildman–Crippen LogP) is -0.363. The average molecular weight is 280 g/mol. The van der Waals surface area contributed by atoms with Crippen molar-refractivity contribution in [2.75, 3.05) is 18.8 Å². The molecule has 0 saturated carbocycles. The lowest BCUT2D eigenvalue weighted by Gasteiger charge is -2.23. The second kappa shape index (κ2) is 7.32. The Bertz CT molecular complexity index is 393. The fraction of sp³-hybridized carbons (Fsp3) is 0.800. The largest absolute Gasteiger partial charge is 0.480 e. The minimum absolute atomic E-state index is 0.0598. The molecule has 0 radical (unpaired) electrons. The number of carbonyl (C=O) groups is 2. The molecule has 0 heterocycles. The monoisotopic (exact) mass is 280 g/mol. The van der Waals surface area contributed by atoms with Crippen molar-refractivity contribution in [3.63, 3.8) is 0 Å². The molecule has 8 heteroatoms. The Morgan fingerprint density at radius 1 is 1.33 bits per heavy atom. The topological polar surface area (TPSA) is 104 Å². The first kappa shape index (κ1) is 16.9. The summed E-state index contributed by atoms with van der Waals surface area (Å²) in [5, 5.41) is 8.63. The molecule has 0 aromatic carbocycles. The van der Waals surface area contributed by atoms with E-state index in [0.29, 0.717) is 6.42 Å². The highest BCUT2D eigenvalue weighted by atomic mass is 32.2. The maximum Gasteiger partial charge on any atom is 0.323 e. The van der Waals surface area contributed by atoms with Crippen molar-refractivity contribution in [3.05, 3.63) is 0 Å². The van der Waals surface area contributed by atoms with E-state index < -0.39 is 34.5 Å². The molecule has 0 saturated heterocycles. The number of carbonyl (C=O) groups excluding carboxylic acids is 1. The molecule has 2 N–H and O–H groups in total. The number of hydrogen-bond donors (Lipinski definition) is 2. The number of carboxylic acid groups (broad SMARTS) is 1. The first-order valence-corrected chi connectivity index (χ1v) is 7.39. The highest BCUT2D eigenvalue weighted by molar-refractivity contribution is 7.89. The van der Waals surface area contributed by atoms with E-state index in [1.807, 2.05) is 0 Å². The quantitative estimate of drug-likeness (QED) is 0.631. The Morgan fingerprint density at radius 3 is 2.28 bits per heavy atom. The third-order valence-electron chi connectivity index (χ3n) is 2.22. The normalized spacial score (nSPS) is 13.1. The minimum atomic E-state index is -3.49. The number of aliphatic carboxylic acids is 1. The molecule has 18 heavy (non-hydrogen) atoms. The zero-order chi connectivity index (χ0) is 14.3. The van der Waals surface area contributed by atoms with Crippen molar-refractivity contribution in [1.82, 2.24) is 9.62 Å². The van der Waals surface area contributed by atoms with Gasteiger partial charge in [0, 0.05) is 6.54 Å². The number of nitrogens with one attached hydrogen (secondary N) is 1. The third-order valence-corrected chi connectivity index (χ3v) is 3.88. The zero-order valence-electron chi connectivity index (χ0n) is 10.8. The van der Waals surface area contributed by atoms with Gasteiger partial charge in [-0.1, -0.05) is 6.92 Å². The molecule has 0 aromatic heterocycles. The number of amides is 1. The van der Waals surface area contributed by atoms with Crippen LogP contribution in [0.3, 0.4) is 0 Å². The van der Waals surface area contributed by atoms with Crippen molar-refractivity contribution in [2.45, 2.75) is 33.2 Å². The first-order valence-electron chi connectivity index (χ1n) is 5.74. The van der Waals surface area contributed by atoms with Crippen LogP contribution in [0.5, 0.6) is 0 Å². The zero-order valence-corrected chi connectivity index (χ0v) is 11.7. The number of likely N-dealkylation sites (N-methyl/N-ethyl adjacent to an activating group) is 1. The fourth-order valence-corrected chi connectivity index (χ4v) is 2.72. The van der Waals surface area contributed by atoms with Crippen LogP contribution in [-0.2, 0) is 19.6 Å². The van der Waals surface area contributed by atoms with Gasteiger partial charge in [-0.2, -0.15) is 0 Å². The van der Waals surface area contributed by atoms with Gasteiger partial charge < -0.3 is 10.0 Å². The molecule has 0 rings (SSSR count). The molecule has 1 amide bonds. The lowest BCUT2D eigenvalue weighted by molar-refractivity contribution is -0.144. The number of rotatable bonds is 8. The number of sulfonamides is 1. The molecule has 0 aromatic rings. The van der Waals surface area contributed by atoms with E-state index >= 15 is 0 Å². The van der Waals surface area contributed by atoms with Gasteiger partial charge in [0.2, 0.25) is 15.9 Å². The van der Waals surface area contributed by atoms with E-state index in [4.69, 9.17) is 5.11 Å². The maximum absolute atomic E-state index is 11.8. The number of hydrogen-bond acceptors (Lipinski definition) is 4. The Kier molecular flexibility index (Phi) is 6.85. The predicted molar refractivity (Wildman–Crippen MR) is 66.6 cm³/mol. The summed E-state index contributed by atoms with van der Waals surface area (Å²) >= 11 is 0. The second-order valence-corrected chi connectivity index (χ2v) is 5.78. The standard InChI is InChI=1S/C10H20N2O5S/c1-4-6-18(16,17)11-8(3)10(15)12(5-2)7-9(13)14/h8,11H,4-7H2,1-3H3,(H,13,14). The molecule has 0 aliphatic rings. The third kappa shape index (κ3) is 5.97. The molecule has 0 aliphatic heterocycles. The van der Waals surface area contributed by atoms with Crippen LogP contribution in [0.2, 0.25) is 0 Å². The lowest BCUT2D eigenvalue weighted by atomic mass is 10.3. The van der Waals surface area contributed by atoms with Gasteiger partial charge >= 0.3 is 5.97 Å². The Hall–Kier alpha value is -1.15. The number of carboxylic acids is 1. The summed E-state index contributed by atoms with van der Waals surface area (Å²) in [5.74, 6) is -1.73. The van der Waals surface area contributed by atoms with Crippen molar-refractivity contribution in [3.8, 4) is 0 Å². The Balaban J connectivity index is 4.62. The van der Waals surface area contributed by atoms with Crippen molar-refractivity contribution >= 4 is 21.9 Å². The molecular weight excluding hydrogens is 260 g/mol. The van der Waals surface area contributed by atoms with E-state index in [1.54, 1.807) is 13.8 Å². The van der Waals surface area contributed by atoms with Gasteiger partial charge in [0.15, 0.2) is 0 Å². The van der Waals surface area contributed by atoms with E-state index in [0.717, 1.165) is 4.90 Å². The molecular formula is C10H20N2O5S. The van der Waals surface area contributed by atoms with Gasteiger partial charge in [0.05, 0.1) is 11.8 Å². The highest BCUT2D eigenvalue weighted by Gasteiger charge is 2.24. The van der Waals surface area contributed by atoms with Crippen LogP contribution in [0, 0.1) is 0 Å². The summed E-state index contributed by atoms with van der Waals surface area (Å²) in [4.78, 5) is 23.5. The van der Waals surface area contributed by atoms with E-state index in [-0.39, 0.29) is 12.3 Å². The van der Waals surface area contributed by atoms with Crippen LogP contribution in [-0.4, -0.2) is 55.2 Å². The summed E-state index contributed by atoms with van der Waals surface area (Å²) in [5.41, 5.74) is 0. The van der Waals surface area contributed by atoms with Crippen LogP contribution < -0.4 is 4.72 Å². The SMILES string of the molecule is CCCS(=O)(=O)NC(C)C(=O)N(CC)CC(=O)O. The Labute approximate surface area is 107 Å². The van der Waals surface area contributed by atoms with Crippen molar-refractivity contribution < 1.29 is 23.1 Å². The summed E-state index contributed by atoms with van der Waals surface area (Å²) in [6.45, 7) is 4.53. The molecule has 1 atom stereocenters. The second-order valence-electron chi connectivity index (χ2n) is 3.90. The average Bonchev–Trinajstić information content (AvgIpc) is 2.23. The van der Waals surface area contributed by atoms with Gasteiger partial charge in [-0.25, -0.2) is 13.1 Å². The van der Waals surface area contributed by atoms with Crippen LogP contribution in [0.1, 0.15) is 27.2 Å². The number of nitrogens with zero attached hydrogens (tertiary/aromatic N) is 1. The summed E-state index contributed by atoms with van der Waals surface area (Å²) < 4.78 is 25.2. The highest BCUT2D eigenvalue weighted by Crippen LogP contribution is 1.98. The van der Waals surface area contributed by atoms with Gasteiger partial charge in [0.1, 0.15) is 6.54 Å². The van der Waals surface area contributed by atoms with Crippen LogP contribution in [0.15, 0.2) is 0 Å². The lowest BCUT2D eigenvalue weighted by Crippen LogP contribution is -2.48. The summed E-state index contributed by atoms with van der Waals surface area (Å²) in [7, 11) is -3.49. The van der Waals surface area contributed by atoms with Crippen LogP contribution >= 0.6 is 0 Å². The van der Waals surface area contributed by atoms with Gasteiger partial charge in [-0.15, -0.1) is 0 Å². The van der Waals surface area contributed by atoms with E-state index in [1.165, 1.54) is 6.92 Å².